The summed E-state index contributed by atoms with van der Waals surface area (Å²) in [6.07, 6.45) is -0.117. The zero-order valence-electron chi connectivity index (χ0n) is 14.2. The van der Waals surface area contributed by atoms with Crippen molar-refractivity contribution in [2.75, 3.05) is 12.4 Å². The summed E-state index contributed by atoms with van der Waals surface area (Å²) in [6.45, 7) is 5.71. The Morgan fingerprint density at radius 3 is 2.75 bits per heavy atom. The van der Waals surface area contributed by atoms with Gasteiger partial charge >= 0.3 is 6.03 Å². The van der Waals surface area contributed by atoms with Crippen LogP contribution in [0.4, 0.5) is 15.0 Å². The smallest absolute Gasteiger partial charge is 0.320 e. The number of rotatable bonds is 6. The van der Waals surface area contributed by atoms with Crippen molar-refractivity contribution < 1.29 is 13.9 Å². The van der Waals surface area contributed by atoms with Gasteiger partial charge in [0.1, 0.15) is 5.82 Å². The number of aromatic nitrogens is 3. The fraction of sp³-hybridized carbons (Fsp3) is 0.438. The lowest BCUT2D eigenvalue weighted by Crippen LogP contribution is -2.42. The van der Waals surface area contributed by atoms with Gasteiger partial charge < -0.3 is 10.1 Å². The van der Waals surface area contributed by atoms with Gasteiger partial charge in [0.2, 0.25) is 0 Å². The zero-order chi connectivity index (χ0) is 17.7. The number of urea groups is 1. The van der Waals surface area contributed by atoms with E-state index in [1.165, 1.54) is 10.7 Å². The van der Waals surface area contributed by atoms with Gasteiger partial charge in [0.15, 0.2) is 5.82 Å². The van der Waals surface area contributed by atoms with Crippen molar-refractivity contribution in [1.29, 1.82) is 0 Å². The number of carbonyl (C=O) groups is 1. The van der Waals surface area contributed by atoms with Crippen LogP contribution in [0.25, 0.3) is 0 Å². The number of anilines is 1. The van der Waals surface area contributed by atoms with E-state index in [0.29, 0.717) is 17.1 Å². The number of carbonyl (C=O) groups excluding carboxylic acids is 1. The van der Waals surface area contributed by atoms with Crippen molar-refractivity contribution in [3.8, 4) is 0 Å². The van der Waals surface area contributed by atoms with Gasteiger partial charge in [0, 0.05) is 12.7 Å². The van der Waals surface area contributed by atoms with Crippen LogP contribution in [0.15, 0.2) is 24.3 Å². The molecule has 0 aliphatic rings. The molecular formula is C16H22FN5O2. The third-order valence-electron chi connectivity index (χ3n) is 3.93. The molecule has 1 heterocycles. The predicted molar refractivity (Wildman–Crippen MR) is 88.3 cm³/mol. The van der Waals surface area contributed by atoms with Crippen molar-refractivity contribution in [3.63, 3.8) is 0 Å². The lowest BCUT2D eigenvalue weighted by atomic mass is 10.2. The molecule has 0 spiro atoms. The Morgan fingerprint density at radius 1 is 1.38 bits per heavy atom. The van der Waals surface area contributed by atoms with Crippen LogP contribution in [0.2, 0.25) is 0 Å². The van der Waals surface area contributed by atoms with E-state index in [9.17, 15) is 9.18 Å². The molecule has 0 aliphatic carbocycles. The molecule has 2 N–H and O–H groups in total. The van der Waals surface area contributed by atoms with Gasteiger partial charge in [0.05, 0.1) is 24.4 Å². The van der Waals surface area contributed by atoms with E-state index in [1.807, 2.05) is 13.8 Å². The summed E-state index contributed by atoms with van der Waals surface area (Å²) in [5, 5.41) is 13.3. The maximum absolute atomic E-state index is 13.7. The van der Waals surface area contributed by atoms with Crippen LogP contribution in [-0.2, 0) is 11.3 Å². The normalized spacial score (nSPS) is 13.4. The summed E-state index contributed by atoms with van der Waals surface area (Å²) in [5.74, 6) is 0.0307. The van der Waals surface area contributed by atoms with Crippen molar-refractivity contribution >= 4 is 11.8 Å². The van der Waals surface area contributed by atoms with Crippen LogP contribution in [-0.4, -0.2) is 40.3 Å². The first kappa shape index (κ1) is 17.9. The van der Waals surface area contributed by atoms with Gasteiger partial charge in [-0.15, -0.1) is 5.10 Å². The predicted octanol–water partition coefficient (Wildman–Crippen LogP) is 2.32. The van der Waals surface area contributed by atoms with Crippen molar-refractivity contribution in [1.82, 2.24) is 20.3 Å². The van der Waals surface area contributed by atoms with Crippen LogP contribution >= 0.6 is 0 Å². The van der Waals surface area contributed by atoms with Crippen LogP contribution in [0.1, 0.15) is 25.1 Å². The molecule has 2 amide bonds. The lowest BCUT2D eigenvalue weighted by molar-refractivity contribution is 0.0920. The first-order valence-corrected chi connectivity index (χ1v) is 7.66. The van der Waals surface area contributed by atoms with Gasteiger partial charge in [-0.1, -0.05) is 23.4 Å². The number of ether oxygens (including phenoxy) is 1. The zero-order valence-corrected chi connectivity index (χ0v) is 14.2. The molecule has 1 aromatic carbocycles. The Balaban J connectivity index is 2.02. The Bertz CT molecular complexity index is 704. The molecule has 2 rings (SSSR count). The maximum Gasteiger partial charge on any atom is 0.320 e. The summed E-state index contributed by atoms with van der Waals surface area (Å²) in [6, 6.07) is 5.91. The highest BCUT2D eigenvalue weighted by molar-refractivity contribution is 5.88. The second-order valence-corrected chi connectivity index (χ2v) is 5.60. The van der Waals surface area contributed by atoms with E-state index in [2.05, 4.69) is 20.9 Å². The van der Waals surface area contributed by atoms with E-state index in [-0.39, 0.29) is 24.5 Å². The van der Waals surface area contributed by atoms with Gasteiger partial charge in [-0.3, -0.25) is 5.32 Å². The third kappa shape index (κ3) is 4.29. The molecule has 0 saturated carbocycles. The fourth-order valence-corrected chi connectivity index (χ4v) is 2.09. The largest absolute Gasteiger partial charge is 0.380 e. The molecule has 0 saturated heterocycles. The van der Waals surface area contributed by atoms with Crippen molar-refractivity contribution in [2.45, 2.75) is 39.5 Å². The Hall–Kier alpha value is -2.48. The van der Waals surface area contributed by atoms with Crippen LogP contribution in [0.5, 0.6) is 0 Å². The van der Waals surface area contributed by atoms with Crippen molar-refractivity contribution in [3.05, 3.63) is 41.3 Å². The first-order valence-electron chi connectivity index (χ1n) is 7.66. The average Bonchev–Trinajstić information content (AvgIpc) is 2.89. The monoisotopic (exact) mass is 335 g/mol. The lowest BCUT2D eigenvalue weighted by Gasteiger charge is -2.19. The molecule has 2 aromatic rings. The van der Waals surface area contributed by atoms with Crippen LogP contribution in [0.3, 0.4) is 0 Å². The summed E-state index contributed by atoms with van der Waals surface area (Å²) in [4.78, 5) is 12.0. The molecule has 0 fully saturated rings. The molecule has 2 atom stereocenters. The van der Waals surface area contributed by atoms with Gasteiger partial charge in [-0.2, -0.15) is 0 Å². The molecular weight excluding hydrogens is 313 g/mol. The standard InChI is InChI=1S/C16H22FN5O2/c1-10(12(3)24-4)18-16(23)19-15-11(2)22(21-20-15)9-13-7-5-6-8-14(13)17/h5-8,10,12H,9H2,1-4H3,(H2,18,19,23)/t10-,12-/m1/s1. The van der Waals surface area contributed by atoms with E-state index in [0.717, 1.165) is 0 Å². The van der Waals surface area contributed by atoms with Gasteiger partial charge in [0.25, 0.3) is 0 Å². The quantitative estimate of drug-likeness (QED) is 0.849. The number of amides is 2. The molecule has 1 aromatic heterocycles. The first-order chi connectivity index (χ1) is 11.4. The maximum atomic E-state index is 13.7. The average molecular weight is 335 g/mol. The Labute approximate surface area is 140 Å². The van der Waals surface area contributed by atoms with E-state index < -0.39 is 6.03 Å². The molecule has 8 heteroatoms. The molecule has 130 valence electrons. The summed E-state index contributed by atoms with van der Waals surface area (Å²) >= 11 is 0. The molecule has 7 nitrogen and oxygen atoms in total. The number of nitrogens with one attached hydrogen (secondary N) is 2. The second kappa shape index (κ2) is 7.87. The number of methoxy groups -OCH3 is 1. The number of nitrogens with zero attached hydrogens (tertiary/aromatic N) is 3. The highest BCUT2D eigenvalue weighted by atomic mass is 19.1. The minimum absolute atomic E-state index is 0.117. The SMILES string of the molecule is CO[C@H](C)[C@@H](C)NC(=O)Nc1nnn(Cc2ccccc2F)c1C. The van der Waals surface area contributed by atoms with Crippen molar-refractivity contribution in [2.24, 2.45) is 0 Å². The molecule has 0 aliphatic heterocycles. The van der Waals surface area contributed by atoms with Gasteiger partial charge in [-0.05, 0) is 26.8 Å². The van der Waals surface area contributed by atoms with Gasteiger partial charge in [-0.25, -0.2) is 13.9 Å². The van der Waals surface area contributed by atoms with E-state index in [1.54, 1.807) is 32.2 Å². The second-order valence-electron chi connectivity index (χ2n) is 5.60. The highest BCUT2D eigenvalue weighted by Gasteiger charge is 2.17. The summed E-state index contributed by atoms with van der Waals surface area (Å²) in [5.41, 5.74) is 1.14. The Morgan fingerprint density at radius 2 is 2.08 bits per heavy atom. The Kier molecular flexibility index (Phi) is 5.86. The minimum atomic E-state index is -0.396. The van der Waals surface area contributed by atoms with Crippen LogP contribution in [0, 0.1) is 12.7 Å². The summed E-state index contributed by atoms with van der Waals surface area (Å²) < 4.78 is 20.4. The summed E-state index contributed by atoms with van der Waals surface area (Å²) in [7, 11) is 1.58. The molecule has 0 radical (unpaired) electrons. The van der Waals surface area contributed by atoms with E-state index >= 15 is 0 Å². The number of hydrogen-bond acceptors (Lipinski definition) is 4. The third-order valence-corrected chi connectivity index (χ3v) is 3.93. The molecule has 24 heavy (non-hydrogen) atoms. The number of hydrogen-bond donors (Lipinski definition) is 2. The highest BCUT2D eigenvalue weighted by Crippen LogP contribution is 2.14. The minimum Gasteiger partial charge on any atom is -0.380 e. The molecule has 0 unspecified atom stereocenters. The topological polar surface area (TPSA) is 81.1 Å². The fourth-order valence-electron chi connectivity index (χ4n) is 2.09. The number of halogens is 1. The number of benzene rings is 1. The van der Waals surface area contributed by atoms with Crippen LogP contribution < -0.4 is 10.6 Å². The molecule has 0 bridgehead atoms. The van der Waals surface area contributed by atoms with E-state index in [4.69, 9.17) is 4.74 Å².